The molecular weight excluding hydrogens is 1180 g/mol. The normalized spacial score (nSPS) is 15.4. The number of rotatable bonds is 41. The van der Waals surface area contributed by atoms with Crippen molar-refractivity contribution in [3.05, 3.63) is 0 Å². The topological polar surface area (TPSA) is 511 Å². The van der Waals surface area contributed by atoms with E-state index in [0.29, 0.717) is 0 Å². The third-order valence-electron chi connectivity index (χ3n) is 11.8. The molecule has 0 heterocycles. The van der Waals surface area contributed by atoms with Gasteiger partial charge in [-0.1, -0.05) is 39.0 Å². The lowest BCUT2D eigenvalue weighted by Crippen LogP contribution is -2.63. The van der Waals surface area contributed by atoms with E-state index in [1.165, 1.54) is 20.8 Å². The van der Waals surface area contributed by atoms with E-state index in [9.17, 15) is 92.7 Å². The number of nitrogens with one attached hydrogen (secondary N) is 12. The van der Waals surface area contributed by atoms with Crippen molar-refractivity contribution >= 4 is 119 Å². The Bertz CT molecular complexity index is 2430. The number of aliphatic hydroxyl groups is 3. The molecule has 0 bridgehead atoms. The second kappa shape index (κ2) is 41.6. The molecule has 0 aromatic carbocycles. The largest absolute Gasteiger partial charge is 0.481 e. The summed E-state index contributed by atoms with van der Waals surface area (Å²) in [6, 6.07) is -15.7. The van der Waals surface area contributed by atoms with Crippen LogP contribution in [0.3, 0.4) is 0 Å². The molecule has 0 aliphatic carbocycles. The Balaban J connectivity index is 6.41. The van der Waals surface area contributed by atoms with Gasteiger partial charge in [0.1, 0.15) is 54.4 Å². The zero-order valence-electron chi connectivity index (χ0n) is 47.6. The van der Waals surface area contributed by atoms with Crippen molar-refractivity contribution in [3.63, 3.8) is 0 Å². The summed E-state index contributed by atoms with van der Waals surface area (Å²) < 4.78 is 0. The van der Waals surface area contributed by atoms with Crippen molar-refractivity contribution in [2.45, 2.75) is 140 Å². The number of carbonyl (C=O) groups is 14. The van der Waals surface area contributed by atoms with Gasteiger partial charge in [-0.05, 0) is 39.5 Å². The summed E-state index contributed by atoms with van der Waals surface area (Å²) in [5.74, 6) is -12.0. The van der Waals surface area contributed by atoms with Crippen LogP contribution in [-0.2, 0) is 67.1 Å². The maximum atomic E-state index is 14.1. The highest BCUT2D eigenvalue weighted by molar-refractivity contribution is 8.00. The predicted molar refractivity (Wildman–Crippen MR) is 311 cm³/mol. The molecule has 0 rings (SSSR count). The number of carboxylic acid groups (broad SMARTS) is 2. The molecule has 0 saturated carbocycles. The number of nitrogens with two attached hydrogens (primary N) is 1. The van der Waals surface area contributed by atoms with Gasteiger partial charge in [0.05, 0.1) is 56.0 Å². The van der Waals surface area contributed by atoms with E-state index >= 15 is 0 Å². The van der Waals surface area contributed by atoms with E-state index < -0.39 is 187 Å². The molecule has 0 aromatic rings. The van der Waals surface area contributed by atoms with Crippen molar-refractivity contribution in [2.24, 2.45) is 11.7 Å². The highest BCUT2D eigenvalue weighted by Gasteiger charge is 2.38. The van der Waals surface area contributed by atoms with Gasteiger partial charge in [0.2, 0.25) is 70.9 Å². The van der Waals surface area contributed by atoms with Crippen LogP contribution in [0.5, 0.6) is 0 Å². The number of carbonyl (C=O) groups excluding carboxylic acids is 12. The SMILES string of the molecule is C#CCNC(=O)CSC[C@H](NC(=O)[C@H](CC)NC(=O)CNC(=O)[C@@H](NC(=O)[C@@H](NC(=O)[C@@H](NC(=O)[C@H](CSCC(=O)NCC#C)NC(=O)[C@H](CCC(=O)O)NC(=O)[C@@H](N)CS)C(C)CC)C(C)O)C(C)O)C(=O)N[C@@H](C)C(=O)N[C@@H](CO)C(=O)O. The van der Waals surface area contributed by atoms with Crippen LogP contribution in [0.25, 0.3) is 0 Å². The molecule has 0 radical (unpaired) electrons. The number of aliphatic hydroxyl groups excluding tert-OH is 3. The van der Waals surface area contributed by atoms with Gasteiger partial charge in [0, 0.05) is 23.7 Å². The molecule has 0 fully saturated rings. The van der Waals surface area contributed by atoms with Gasteiger partial charge in [-0.3, -0.25) is 62.3 Å². The number of carboxylic acids is 2. The van der Waals surface area contributed by atoms with E-state index in [-0.39, 0.29) is 54.7 Å². The molecule has 85 heavy (non-hydrogen) atoms. The fourth-order valence-electron chi connectivity index (χ4n) is 6.74. The van der Waals surface area contributed by atoms with Gasteiger partial charge in [0.25, 0.3) is 0 Å². The van der Waals surface area contributed by atoms with Crippen LogP contribution in [0.4, 0.5) is 0 Å². The minimum Gasteiger partial charge on any atom is -0.481 e. The molecular formula is C50H79N13O19S3. The smallest absolute Gasteiger partial charge is 0.328 e. The first kappa shape index (κ1) is 77.6. The van der Waals surface area contributed by atoms with Gasteiger partial charge in [-0.15, -0.1) is 36.4 Å². The summed E-state index contributed by atoms with van der Waals surface area (Å²) in [5.41, 5.74) is 5.73. The molecule has 3 unspecified atom stereocenters. The Morgan fingerprint density at radius 3 is 1.39 bits per heavy atom. The maximum Gasteiger partial charge on any atom is 0.328 e. The minimum atomic E-state index is -1.90. The van der Waals surface area contributed by atoms with Crippen LogP contribution in [0.2, 0.25) is 0 Å². The first-order valence-electron chi connectivity index (χ1n) is 26.3. The molecule has 0 aliphatic heterocycles. The first-order valence-corrected chi connectivity index (χ1v) is 29.2. The quantitative estimate of drug-likeness (QED) is 0.0200. The summed E-state index contributed by atoms with van der Waals surface area (Å²) in [6.07, 6.45) is 5.93. The highest BCUT2D eigenvalue weighted by Crippen LogP contribution is 2.13. The zero-order chi connectivity index (χ0) is 65.1. The fraction of sp³-hybridized carbons (Fsp3) is 0.640. The Kier molecular flexibility index (Phi) is 38.0. The second-order valence-corrected chi connectivity index (χ2v) is 21.2. The van der Waals surface area contributed by atoms with Crippen LogP contribution in [0.15, 0.2) is 0 Å². The first-order chi connectivity index (χ1) is 39.9. The molecule has 12 amide bonds. The number of terminal acetylenes is 2. The summed E-state index contributed by atoms with van der Waals surface area (Å²) in [4.78, 5) is 182. The van der Waals surface area contributed by atoms with Gasteiger partial charge >= 0.3 is 11.9 Å². The number of aliphatic carboxylic acids is 2. The summed E-state index contributed by atoms with van der Waals surface area (Å²) in [7, 11) is 0. The Morgan fingerprint density at radius 2 is 0.953 bits per heavy atom. The molecule has 19 N–H and O–H groups in total. The summed E-state index contributed by atoms with van der Waals surface area (Å²) in [6.45, 7) is 5.89. The van der Waals surface area contributed by atoms with E-state index in [1.807, 2.05) is 5.32 Å². The Labute approximate surface area is 504 Å². The van der Waals surface area contributed by atoms with E-state index in [0.717, 1.165) is 37.4 Å². The van der Waals surface area contributed by atoms with E-state index in [4.69, 9.17) is 18.6 Å². The van der Waals surface area contributed by atoms with Crippen LogP contribution in [0, 0.1) is 30.6 Å². The van der Waals surface area contributed by atoms with E-state index in [1.54, 1.807) is 6.92 Å². The van der Waals surface area contributed by atoms with Crippen molar-refractivity contribution < 1.29 is 92.7 Å². The molecule has 0 saturated heterocycles. The third-order valence-corrected chi connectivity index (χ3v) is 14.3. The number of amides is 12. The average molecular weight is 1260 g/mol. The molecule has 0 aromatic heterocycles. The van der Waals surface area contributed by atoms with Crippen molar-refractivity contribution in [2.75, 3.05) is 55.0 Å². The predicted octanol–water partition coefficient (Wildman–Crippen LogP) is -8.13. The monoisotopic (exact) mass is 1260 g/mol. The number of hydrogen-bond donors (Lipinski definition) is 19. The second-order valence-electron chi connectivity index (χ2n) is 18.8. The lowest BCUT2D eigenvalue weighted by molar-refractivity contribution is -0.143. The summed E-state index contributed by atoms with van der Waals surface area (Å²) >= 11 is 5.67. The maximum absolute atomic E-state index is 14.1. The Morgan fingerprint density at radius 1 is 0.518 bits per heavy atom. The standard InChI is InChI=1S/C50H79N13O19S3/c1-9-15-52-35(68)22-84-20-32(45(76)55-25(6)41(72)58-31(18-64)50(81)82)59-43(74)29(12-4)56-34(67)17-54-47(78)39(26(7)65)62-49(80)40(27(8)66)63-48(79)38(24(5)11-3)61-46(77)33(21-85-23-36(69)53-16-10-2)60-44(75)30(13-14-37(70)71)57-42(73)28(51)19-83/h1-2,24-33,38-40,64-66,83H,11-23,51H2,3-8H3,(H,52,68)(H,53,69)(H,54,78)(H,55,76)(H,56,67)(H,57,73)(H,58,72)(H,59,74)(H,60,75)(H,61,77)(H,62,80)(H,63,79)(H,70,71)(H,81,82)/t24?,25-,26?,27?,28-,29-,30-,31-,32-,33-,38-,39-,40-/m0/s1. The number of hydrogen-bond acceptors (Lipinski definition) is 21. The number of thioether (sulfide) groups is 2. The Hall–Kier alpha value is -7.41. The van der Waals surface area contributed by atoms with Crippen LogP contribution >= 0.6 is 36.2 Å². The highest BCUT2D eigenvalue weighted by atomic mass is 32.2. The fourth-order valence-corrected chi connectivity index (χ4v) is 8.66. The van der Waals surface area contributed by atoms with Crippen molar-refractivity contribution in [1.82, 2.24) is 63.8 Å². The molecule has 32 nitrogen and oxygen atoms in total. The molecule has 0 spiro atoms. The minimum absolute atomic E-state index is 0.100. The summed E-state index contributed by atoms with van der Waals surface area (Å²) in [5, 5.41) is 77.0. The van der Waals surface area contributed by atoms with Gasteiger partial charge in [-0.2, -0.15) is 12.6 Å². The van der Waals surface area contributed by atoms with Gasteiger partial charge < -0.3 is 95.1 Å². The molecule has 13 atom stereocenters. The number of thiol groups is 1. The zero-order valence-corrected chi connectivity index (χ0v) is 50.2. The van der Waals surface area contributed by atoms with Crippen molar-refractivity contribution in [1.29, 1.82) is 0 Å². The van der Waals surface area contributed by atoms with Crippen molar-refractivity contribution in [3.8, 4) is 24.7 Å². The van der Waals surface area contributed by atoms with Crippen LogP contribution in [-0.4, -0.2) is 236 Å². The van der Waals surface area contributed by atoms with Gasteiger partial charge in [0.15, 0.2) is 0 Å². The van der Waals surface area contributed by atoms with Crippen LogP contribution in [0.1, 0.15) is 67.2 Å². The van der Waals surface area contributed by atoms with Gasteiger partial charge in [-0.25, -0.2) is 4.79 Å². The lowest BCUT2D eigenvalue weighted by Gasteiger charge is -2.30. The molecule has 476 valence electrons. The molecule has 35 heteroatoms. The molecule has 0 aliphatic rings. The average Bonchev–Trinajstić information content (AvgIpc) is 3.56. The third kappa shape index (κ3) is 30.3. The van der Waals surface area contributed by atoms with E-state index in [2.05, 4.69) is 83.0 Å². The lowest BCUT2D eigenvalue weighted by atomic mass is 9.97. The van der Waals surface area contributed by atoms with Crippen LogP contribution < -0.4 is 69.5 Å².